The summed E-state index contributed by atoms with van der Waals surface area (Å²) in [5.41, 5.74) is 4.19. The molecule has 1 amide bonds. The van der Waals surface area contributed by atoms with Crippen LogP contribution in [0.3, 0.4) is 0 Å². The Hall–Kier alpha value is -2.96. The molecule has 4 rings (SSSR count). The fourth-order valence-corrected chi connectivity index (χ4v) is 5.56. The van der Waals surface area contributed by atoms with Gasteiger partial charge >= 0.3 is 0 Å². The van der Waals surface area contributed by atoms with E-state index in [-0.39, 0.29) is 29.9 Å². The number of hydrogen-bond acceptors (Lipinski definition) is 3. The molecule has 1 N–H and O–H groups in total. The number of hydrogen-bond donors (Lipinski definition) is 1. The summed E-state index contributed by atoms with van der Waals surface area (Å²) in [6.07, 6.45) is 2.86. The fraction of sp³-hybridized carbons (Fsp3) is 0.269. The Balaban J connectivity index is 1.56. The Labute approximate surface area is 190 Å². The Morgan fingerprint density at radius 1 is 0.969 bits per heavy atom. The average molecular weight is 449 g/mol. The van der Waals surface area contributed by atoms with Gasteiger partial charge in [-0.25, -0.2) is 8.42 Å². The molecule has 0 spiro atoms. The molecule has 3 aromatic rings. The third-order valence-corrected chi connectivity index (χ3v) is 7.69. The van der Waals surface area contributed by atoms with Crippen LogP contribution < -0.4 is 5.32 Å². The van der Waals surface area contributed by atoms with Crippen LogP contribution in [0.5, 0.6) is 0 Å². The van der Waals surface area contributed by atoms with E-state index in [0.717, 1.165) is 36.0 Å². The first kappa shape index (κ1) is 22.2. The van der Waals surface area contributed by atoms with Crippen LogP contribution in [0.1, 0.15) is 41.1 Å². The van der Waals surface area contributed by atoms with Crippen molar-refractivity contribution in [2.75, 3.05) is 6.54 Å². The van der Waals surface area contributed by atoms with Gasteiger partial charge in [0.2, 0.25) is 15.9 Å². The van der Waals surface area contributed by atoms with E-state index in [4.69, 9.17) is 0 Å². The lowest BCUT2D eigenvalue weighted by Gasteiger charge is -2.28. The fourth-order valence-electron chi connectivity index (χ4n) is 4.18. The van der Waals surface area contributed by atoms with Crippen molar-refractivity contribution in [3.63, 3.8) is 0 Å². The normalized spacial score (nSPS) is 15.9. The van der Waals surface area contributed by atoms with Crippen molar-refractivity contribution in [3.05, 3.63) is 101 Å². The standard InChI is InChI=1S/C26H28N2O3S/c1-20-14-16-23(17-15-20)32(30,31)28(18-21-8-3-2-4-9-21)19-26(29)27-25-13-7-11-22-10-5-6-12-24(22)25/h2-6,8-10,12,14-17,25H,7,11,13,18-19H2,1H3,(H,27,29). The van der Waals surface area contributed by atoms with E-state index in [2.05, 4.69) is 11.4 Å². The lowest BCUT2D eigenvalue weighted by Crippen LogP contribution is -2.42. The van der Waals surface area contributed by atoms with Crippen LogP contribution in [0, 0.1) is 6.92 Å². The zero-order valence-electron chi connectivity index (χ0n) is 18.2. The van der Waals surface area contributed by atoms with Gasteiger partial charge in [-0.3, -0.25) is 4.79 Å². The van der Waals surface area contributed by atoms with E-state index in [1.807, 2.05) is 55.5 Å². The maximum atomic E-state index is 13.4. The highest BCUT2D eigenvalue weighted by Gasteiger charge is 2.28. The zero-order valence-corrected chi connectivity index (χ0v) is 19.0. The molecule has 0 aromatic heterocycles. The van der Waals surface area contributed by atoms with E-state index in [1.165, 1.54) is 9.87 Å². The van der Waals surface area contributed by atoms with Crippen molar-refractivity contribution in [2.24, 2.45) is 0 Å². The Kier molecular flexibility index (Phi) is 6.72. The molecule has 0 heterocycles. The van der Waals surface area contributed by atoms with Crippen LogP contribution in [0.2, 0.25) is 0 Å². The van der Waals surface area contributed by atoms with Gasteiger partial charge in [0.15, 0.2) is 0 Å². The van der Waals surface area contributed by atoms with Crippen molar-refractivity contribution in [2.45, 2.75) is 43.7 Å². The molecule has 1 aliphatic rings. The molecular formula is C26H28N2O3S. The molecule has 5 nitrogen and oxygen atoms in total. The van der Waals surface area contributed by atoms with Gasteiger partial charge in [0.25, 0.3) is 0 Å². The molecule has 0 radical (unpaired) electrons. The van der Waals surface area contributed by atoms with Crippen LogP contribution in [0.25, 0.3) is 0 Å². The van der Waals surface area contributed by atoms with Crippen molar-refractivity contribution >= 4 is 15.9 Å². The number of sulfonamides is 1. The number of nitrogens with one attached hydrogen (secondary N) is 1. The summed E-state index contributed by atoms with van der Waals surface area (Å²) in [6, 6.07) is 24.1. The van der Waals surface area contributed by atoms with Gasteiger partial charge in [-0.2, -0.15) is 4.31 Å². The molecular weight excluding hydrogens is 420 g/mol. The van der Waals surface area contributed by atoms with Crippen molar-refractivity contribution < 1.29 is 13.2 Å². The Morgan fingerprint density at radius 2 is 1.66 bits per heavy atom. The number of carbonyl (C=O) groups excluding carboxylic acids is 1. The predicted molar refractivity (Wildman–Crippen MR) is 125 cm³/mol. The number of fused-ring (bicyclic) bond motifs is 1. The Morgan fingerprint density at radius 3 is 2.41 bits per heavy atom. The monoisotopic (exact) mass is 448 g/mol. The molecule has 32 heavy (non-hydrogen) atoms. The lowest BCUT2D eigenvalue weighted by molar-refractivity contribution is -0.122. The zero-order chi connectivity index (χ0) is 22.6. The number of amides is 1. The third-order valence-electron chi connectivity index (χ3n) is 5.89. The largest absolute Gasteiger partial charge is 0.348 e. The third kappa shape index (κ3) is 5.09. The quantitative estimate of drug-likeness (QED) is 0.583. The van der Waals surface area contributed by atoms with E-state index < -0.39 is 10.0 Å². The second kappa shape index (κ2) is 9.67. The van der Waals surface area contributed by atoms with Crippen LogP contribution in [-0.2, 0) is 27.8 Å². The van der Waals surface area contributed by atoms with Gasteiger partial charge in [-0.15, -0.1) is 0 Å². The molecule has 166 valence electrons. The van der Waals surface area contributed by atoms with Crippen molar-refractivity contribution in [3.8, 4) is 0 Å². The smallest absolute Gasteiger partial charge is 0.243 e. The second-order valence-electron chi connectivity index (χ2n) is 8.28. The number of carbonyl (C=O) groups is 1. The number of benzene rings is 3. The molecule has 0 fully saturated rings. The molecule has 1 atom stereocenters. The van der Waals surface area contributed by atoms with Gasteiger partial charge in [0.05, 0.1) is 17.5 Å². The molecule has 0 saturated heterocycles. The first-order valence-electron chi connectivity index (χ1n) is 10.9. The molecule has 1 aliphatic carbocycles. The SMILES string of the molecule is Cc1ccc(S(=O)(=O)N(CC(=O)NC2CCCc3ccccc32)Cc2ccccc2)cc1. The van der Waals surface area contributed by atoms with Gasteiger partial charge in [0, 0.05) is 6.54 Å². The first-order chi connectivity index (χ1) is 15.4. The van der Waals surface area contributed by atoms with E-state index in [9.17, 15) is 13.2 Å². The number of nitrogens with zero attached hydrogens (tertiary/aromatic N) is 1. The Bertz CT molecular complexity index is 1180. The van der Waals surface area contributed by atoms with Crippen molar-refractivity contribution in [1.29, 1.82) is 0 Å². The average Bonchev–Trinajstić information content (AvgIpc) is 2.80. The highest BCUT2D eigenvalue weighted by atomic mass is 32.2. The summed E-state index contributed by atoms with van der Waals surface area (Å²) in [4.78, 5) is 13.2. The molecule has 1 unspecified atom stereocenters. The van der Waals surface area contributed by atoms with Crippen LogP contribution in [-0.4, -0.2) is 25.2 Å². The van der Waals surface area contributed by atoms with Gasteiger partial charge in [-0.1, -0.05) is 72.3 Å². The maximum Gasteiger partial charge on any atom is 0.243 e. The molecule has 0 bridgehead atoms. The van der Waals surface area contributed by atoms with Gasteiger partial charge in [-0.05, 0) is 55.0 Å². The molecule has 3 aromatic carbocycles. The van der Waals surface area contributed by atoms with Crippen LogP contribution >= 0.6 is 0 Å². The minimum atomic E-state index is -3.84. The van der Waals surface area contributed by atoms with Gasteiger partial charge < -0.3 is 5.32 Å². The highest BCUT2D eigenvalue weighted by molar-refractivity contribution is 7.89. The van der Waals surface area contributed by atoms with E-state index in [0.29, 0.717) is 0 Å². The molecule has 0 aliphatic heterocycles. The summed E-state index contributed by atoms with van der Waals surface area (Å²) >= 11 is 0. The van der Waals surface area contributed by atoms with Crippen LogP contribution in [0.15, 0.2) is 83.8 Å². The number of rotatable bonds is 7. The summed E-state index contributed by atoms with van der Waals surface area (Å²) in [6.45, 7) is 1.81. The summed E-state index contributed by atoms with van der Waals surface area (Å²) in [7, 11) is -3.84. The molecule has 6 heteroatoms. The van der Waals surface area contributed by atoms with Crippen molar-refractivity contribution in [1.82, 2.24) is 9.62 Å². The second-order valence-corrected chi connectivity index (χ2v) is 10.2. The van der Waals surface area contributed by atoms with E-state index in [1.54, 1.807) is 24.3 Å². The van der Waals surface area contributed by atoms with Gasteiger partial charge in [0.1, 0.15) is 0 Å². The van der Waals surface area contributed by atoms with Crippen LogP contribution in [0.4, 0.5) is 0 Å². The topological polar surface area (TPSA) is 66.5 Å². The highest BCUT2D eigenvalue weighted by Crippen LogP contribution is 2.29. The minimum absolute atomic E-state index is 0.0897. The summed E-state index contributed by atoms with van der Waals surface area (Å²) in [5, 5.41) is 3.08. The predicted octanol–water partition coefficient (Wildman–Crippen LogP) is 4.38. The minimum Gasteiger partial charge on any atom is -0.348 e. The first-order valence-corrected chi connectivity index (χ1v) is 12.4. The molecule has 0 saturated carbocycles. The summed E-state index contributed by atoms with van der Waals surface area (Å²) in [5.74, 6) is -0.293. The maximum absolute atomic E-state index is 13.4. The lowest BCUT2D eigenvalue weighted by atomic mass is 9.88. The summed E-state index contributed by atoms with van der Waals surface area (Å²) < 4.78 is 28.1. The van der Waals surface area contributed by atoms with E-state index >= 15 is 0 Å². The number of aryl methyl sites for hydroxylation is 2.